The number of unbranched alkanes of at least 4 members (excludes halogenated alkanes) is 19. The van der Waals surface area contributed by atoms with Crippen LogP contribution in [0, 0.1) is 11.3 Å². The number of hydrogen-bond donors (Lipinski definition) is 1. The molecule has 58 heavy (non-hydrogen) atoms. The topological polar surface area (TPSA) is 130 Å². The number of nitrogens with one attached hydrogen (secondary N) is 1. The average molecular weight is 827 g/mol. The molecule has 11 heteroatoms. The molecular weight excluding hydrogens is 737 g/mol. The second-order valence-corrected chi connectivity index (χ2v) is 16.7. The van der Waals surface area contributed by atoms with Crippen molar-refractivity contribution in [3.8, 4) is 0 Å². The van der Waals surface area contributed by atoms with E-state index in [4.69, 9.17) is 23.7 Å². The lowest BCUT2D eigenvalue weighted by Crippen LogP contribution is -2.40. The van der Waals surface area contributed by atoms with Gasteiger partial charge in [0.15, 0.2) is 5.41 Å². The summed E-state index contributed by atoms with van der Waals surface area (Å²) in [4.78, 5) is 54.1. The Bertz CT molecular complexity index is 989. The van der Waals surface area contributed by atoms with Gasteiger partial charge in [0.1, 0.15) is 25.9 Å². The molecule has 0 aromatic carbocycles. The van der Waals surface area contributed by atoms with Crippen LogP contribution in [0.25, 0.3) is 0 Å². The number of hydrogen-bond acceptors (Lipinski definition) is 10. The summed E-state index contributed by atoms with van der Waals surface area (Å²) >= 11 is 0. The van der Waals surface area contributed by atoms with Crippen LogP contribution in [0.15, 0.2) is 0 Å². The Balaban J connectivity index is 5.18. The minimum absolute atomic E-state index is 0.157. The number of rotatable bonds is 40. The second-order valence-electron chi connectivity index (χ2n) is 16.7. The van der Waals surface area contributed by atoms with E-state index in [2.05, 4.69) is 44.8 Å². The van der Waals surface area contributed by atoms with Crippen LogP contribution in [0.3, 0.4) is 0 Å². The highest BCUT2D eigenvalue weighted by molar-refractivity contribution is 5.99. The lowest BCUT2D eigenvalue weighted by Gasteiger charge is -2.26. The molecule has 0 spiro atoms. The molecule has 0 rings (SSSR count). The molecule has 0 saturated heterocycles. The van der Waals surface area contributed by atoms with Crippen molar-refractivity contribution in [1.29, 1.82) is 0 Å². The Hall–Kier alpha value is -2.56. The fourth-order valence-corrected chi connectivity index (χ4v) is 6.73. The molecule has 0 aliphatic heterocycles. The van der Waals surface area contributed by atoms with E-state index in [-0.39, 0.29) is 32.5 Å². The third kappa shape index (κ3) is 31.4. The Labute approximate surface area is 355 Å². The molecule has 0 aliphatic carbocycles. The van der Waals surface area contributed by atoms with Crippen LogP contribution in [-0.2, 0) is 33.3 Å². The minimum Gasteiger partial charge on any atom is -0.464 e. The van der Waals surface area contributed by atoms with Crippen LogP contribution in [0.2, 0.25) is 0 Å². The van der Waals surface area contributed by atoms with Gasteiger partial charge < -0.3 is 33.9 Å². The van der Waals surface area contributed by atoms with E-state index in [0.717, 1.165) is 77.4 Å². The van der Waals surface area contributed by atoms with Gasteiger partial charge in [-0.15, -0.1) is 0 Å². The van der Waals surface area contributed by atoms with E-state index in [1.807, 2.05) is 0 Å². The largest absolute Gasteiger partial charge is 0.508 e. The first-order valence-electron chi connectivity index (χ1n) is 23.9. The molecule has 11 nitrogen and oxygen atoms in total. The molecule has 0 aromatic rings. The molecule has 0 aliphatic rings. The summed E-state index contributed by atoms with van der Waals surface area (Å²) in [5.41, 5.74) is -1.55. The van der Waals surface area contributed by atoms with Gasteiger partial charge in [-0.2, -0.15) is 0 Å². The number of carbonyl (C=O) groups excluding carboxylic acids is 4. The second kappa shape index (κ2) is 38.6. The van der Waals surface area contributed by atoms with Crippen molar-refractivity contribution in [2.45, 2.75) is 215 Å². The quantitative estimate of drug-likeness (QED) is 0.0276. The van der Waals surface area contributed by atoms with Gasteiger partial charge in [0.2, 0.25) is 0 Å². The number of ether oxygens (including phenoxy) is 5. The first kappa shape index (κ1) is 55.4. The summed E-state index contributed by atoms with van der Waals surface area (Å²) in [7, 11) is 0. The van der Waals surface area contributed by atoms with E-state index in [0.29, 0.717) is 13.0 Å². The highest BCUT2D eigenvalue weighted by atomic mass is 16.7. The fourth-order valence-electron chi connectivity index (χ4n) is 6.73. The van der Waals surface area contributed by atoms with Gasteiger partial charge >= 0.3 is 24.2 Å². The highest BCUT2D eigenvalue weighted by Crippen LogP contribution is 2.25. The van der Waals surface area contributed by atoms with Gasteiger partial charge in [0.05, 0.1) is 12.5 Å². The van der Waals surface area contributed by atoms with Crippen molar-refractivity contribution in [3.05, 3.63) is 0 Å². The molecule has 0 saturated carbocycles. The normalized spacial score (nSPS) is 12.1. The van der Waals surface area contributed by atoms with Crippen LogP contribution in [-0.4, -0.2) is 87.8 Å². The number of nitrogens with zero attached hydrogens (tertiary/aromatic N) is 1. The number of alkyl carbamates (subject to hydrolysis) is 1. The first-order valence-corrected chi connectivity index (χ1v) is 23.9. The van der Waals surface area contributed by atoms with Crippen molar-refractivity contribution in [3.63, 3.8) is 0 Å². The maximum atomic E-state index is 13.5. The van der Waals surface area contributed by atoms with E-state index in [1.54, 1.807) is 0 Å². The van der Waals surface area contributed by atoms with Crippen molar-refractivity contribution in [1.82, 2.24) is 10.2 Å². The summed E-state index contributed by atoms with van der Waals surface area (Å²) in [6, 6.07) is 0. The standard InChI is InChI=1S/C47H90N2O9/c1-8-13-16-19-22-23-24-25-28-31-35-48-45(52)56-39-41(40-57-46(53)54-37-32-36-49(11-4)12-5)38-55-43(50)47(6,7)44(51)58-42(33-29-26-20-17-14-9-2)34-30-27-21-18-15-10-3/h41-42H,8-40H2,1-7H3,(H,48,52). The van der Waals surface area contributed by atoms with Gasteiger partial charge in [-0.05, 0) is 65.5 Å². The first-order chi connectivity index (χ1) is 28.0. The molecule has 0 bridgehead atoms. The zero-order valence-corrected chi connectivity index (χ0v) is 38.6. The summed E-state index contributed by atoms with van der Waals surface area (Å²) in [6.45, 7) is 16.6. The van der Waals surface area contributed by atoms with Gasteiger partial charge in [0, 0.05) is 13.1 Å². The van der Waals surface area contributed by atoms with E-state index >= 15 is 0 Å². The number of carbonyl (C=O) groups is 4. The highest BCUT2D eigenvalue weighted by Gasteiger charge is 2.41. The molecule has 1 unspecified atom stereocenters. The predicted octanol–water partition coefficient (Wildman–Crippen LogP) is 12.1. The fraction of sp³-hybridized carbons (Fsp3) is 0.915. The molecule has 0 fully saturated rings. The van der Waals surface area contributed by atoms with E-state index in [9.17, 15) is 19.2 Å². The molecule has 1 atom stereocenters. The molecule has 0 heterocycles. The van der Waals surface area contributed by atoms with Gasteiger partial charge in [0.25, 0.3) is 0 Å². The monoisotopic (exact) mass is 827 g/mol. The van der Waals surface area contributed by atoms with Gasteiger partial charge in [-0.25, -0.2) is 9.59 Å². The van der Waals surface area contributed by atoms with Crippen molar-refractivity contribution >= 4 is 24.2 Å². The number of amides is 1. The Morgan fingerprint density at radius 3 is 1.47 bits per heavy atom. The Kier molecular flexibility index (Phi) is 36.9. The van der Waals surface area contributed by atoms with Gasteiger partial charge in [-0.3, -0.25) is 9.59 Å². The lowest BCUT2D eigenvalue weighted by atomic mass is 9.93. The Morgan fingerprint density at radius 1 is 0.517 bits per heavy atom. The maximum Gasteiger partial charge on any atom is 0.508 e. The smallest absolute Gasteiger partial charge is 0.464 e. The van der Waals surface area contributed by atoms with Crippen LogP contribution in [0.4, 0.5) is 9.59 Å². The van der Waals surface area contributed by atoms with Crippen molar-refractivity contribution in [2.75, 3.05) is 52.6 Å². The minimum atomic E-state index is -1.55. The van der Waals surface area contributed by atoms with Crippen LogP contribution >= 0.6 is 0 Å². The summed E-state index contributed by atoms with van der Waals surface area (Å²) < 4.78 is 27.7. The summed E-state index contributed by atoms with van der Waals surface area (Å²) in [5.74, 6) is -2.02. The summed E-state index contributed by atoms with van der Waals surface area (Å²) in [6.07, 6.45) is 26.4. The van der Waals surface area contributed by atoms with Crippen LogP contribution in [0.5, 0.6) is 0 Å². The molecular formula is C47H90N2O9. The van der Waals surface area contributed by atoms with E-state index in [1.165, 1.54) is 110 Å². The average Bonchev–Trinajstić information content (AvgIpc) is 3.21. The molecule has 0 radical (unpaired) electrons. The third-order valence-corrected chi connectivity index (χ3v) is 10.9. The van der Waals surface area contributed by atoms with Crippen LogP contribution < -0.4 is 5.32 Å². The zero-order valence-electron chi connectivity index (χ0n) is 38.6. The zero-order chi connectivity index (χ0) is 43.1. The molecule has 342 valence electrons. The molecule has 0 aromatic heterocycles. The SMILES string of the molecule is CCCCCCCCCCCCNC(=O)OCC(COC(=O)OCCCN(CC)CC)COC(=O)C(C)(C)C(=O)OC(CCCCCCCC)CCCCCCCC. The number of esters is 2. The lowest BCUT2D eigenvalue weighted by molar-refractivity contribution is -0.174. The third-order valence-electron chi connectivity index (χ3n) is 10.9. The van der Waals surface area contributed by atoms with E-state index < -0.39 is 35.5 Å². The summed E-state index contributed by atoms with van der Waals surface area (Å²) in [5, 5.41) is 2.79. The van der Waals surface area contributed by atoms with Crippen molar-refractivity contribution in [2.24, 2.45) is 11.3 Å². The van der Waals surface area contributed by atoms with Crippen LogP contribution in [0.1, 0.15) is 209 Å². The van der Waals surface area contributed by atoms with Gasteiger partial charge in [-0.1, -0.05) is 157 Å². The maximum absolute atomic E-state index is 13.5. The van der Waals surface area contributed by atoms with Crippen molar-refractivity contribution < 1.29 is 42.9 Å². The molecule has 1 amide bonds. The predicted molar refractivity (Wildman–Crippen MR) is 235 cm³/mol. The Morgan fingerprint density at radius 2 is 0.966 bits per heavy atom. The molecule has 1 N–H and O–H groups in total.